The molecule has 0 atom stereocenters. The lowest BCUT2D eigenvalue weighted by Gasteiger charge is -2.10. The van der Waals surface area contributed by atoms with E-state index in [1.165, 1.54) is 16.5 Å². The molecule has 0 aliphatic carbocycles. The van der Waals surface area contributed by atoms with E-state index in [4.69, 9.17) is 9.47 Å². The van der Waals surface area contributed by atoms with Gasteiger partial charge in [-0.3, -0.25) is 0 Å². The third-order valence-corrected chi connectivity index (χ3v) is 3.10. The maximum atomic E-state index is 5.51. The second-order valence-corrected chi connectivity index (χ2v) is 4.43. The fourth-order valence-corrected chi connectivity index (χ4v) is 2.18. The van der Waals surface area contributed by atoms with Crippen LogP contribution in [0.1, 0.15) is 12.5 Å². The fourth-order valence-electron chi connectivity index (χ4n) is 2.18. The summed E-state index contributed by atoms with van der Waals surface area (Å²) >= 11 is 0. The number of rotatable bonds is 8. The number of fused-ring (bicyclic) bond motifs is 1. The molecule has 0 amide bonds. The molecule has 1 N–H and O–H groups in total. The Bertz CT molecular complexity index is 508. The average Bonchev–Trinajstić information content (AvgIpc) is 2.85. The Labute approximate surface area is 114 Å². The molecule has 0 saturated heterocycles. The molecule has 0 spiro atoms. The Morgan fingerprint density at radius 3 is 2.95 bits per heavy atom. The molecular formula is C15H22N2O2. The molecule has 1 aromatic carbocycles. The van der Waals surface area contributed by atoms with Crippen LogP contribution in [0, 0.1) is 0 Å². The number of para-hydroxylation sites is 1. The first-order valence-corrected chi connectivity index (χ1v) is 6.71. The van der Waals surface area contributed by atoms with Crippen molar-refractivity contribution >= 4 is 10.9 Å². The van der Waals surface area contributed by atoms with Gasteiger partial charge in [0.25, 0.3) is 0 Å². The second kappa shape index (κ2) is 7.28. The Morgan fingerprint density at radius 1 is 1.26 bits per heavy atom. The minimum absolute atomic E-state index is 0.606. The Balaban J connectivity index is 2.14. The number of methoxy groups -OCH3 is 1. The molecule has 0 saturated carbocycles. The smallest absolute Gasteiger partial charge is 0.122 e. The number of benzene rings is 1. The Kier molecular flexibility index (Phi) is 5.39. The van der Waals surface area contributed by atoms with Crippen LogP contribution in [-0.4, -0.2) is 31.4 Å². The van der Waals surface area contributed by atoms with Crippen molar-refractivity contribution < 1.29 is 9.47 Å². The van der Waals surface area contributed by atoms with E-state index >= 15 is 0 Å². The molecule has 0 fully saturated rings. The van der Waals surface area contributed by atoms with Crippen LogP contribution >= 0.6 is 0 Å². The molecule has 4 nitrogen and oxygen atoms in total. The maximum Gasteiger partial charge on any atom is 0.122 e. The maximum absolute atomic E-state index is 5.51. The molecule has 2 rings (SSSR count). The first-order chi connectivity index (χ1) is 9.36. The summed E-state index contributed by atoms with van der Waals surface area (Å²) in [5.41, 5.74) is 2.54. The van der Waals surface area contributed by atoms with E-state index < -0.39 is 0 Å². The third kappa shape index (κ3) is 3.56. The van der Waals surface area contributed by atoms with Crippen molar-refractivity contribution in [3.05, 3.63) is 36.0 Å². The molecule has 2 aromatic rings. The van der Waals surface area contributed by atoms with Crippen LogP contribution < -0.4 is 5.32 Å². The molecule has 0 aliphatic rings. The molecule has 19 heavy (non-hydrogen) atoms. The fraction of sp³-hybridized carbons (Fsp3) is 0.467. The summed E-state index contributed by atoms with van der Waals surface area (Å²) in [6, 6.07) is 8.52. The lowest BCUT2D eigenvalue weighted by Crippen LogP contribution is -2.19. The van der Waals surface area contributed by atoms with Gasteiger partial charge in [0.1, 0.15) is 6.73 Å². The van der Waals surface area contributed by atoms with Gasteiger partial charge in [-0.1, -0.05) is 18.2 Å². The lowest BCUT2D eigenvalue weighted by molar-refractivity contribution is 0.0908. The van der Waals surface area contributed by atoms with Crippen molar-refractivity contribution in [1.29, 1.82) is 0 Å². The van der Waals surface area contributed by atoms with Crippen LogP contribution in [0.15, 0.2) is 30.5 Å². The first-order valence-electron chi connectivity index (χ1n) is 6.71. The van der Waals surface area contributed by atoms with E-state index in [9.17, 15) is 0 Å². The van der Waals surface area contributed by atoms with Crippen LogP contribution in [0.2, 0.25) is 0 Å². The molecule has 4 heteroatoms. The number of nitrogens with one attached hydrogen (secondary N) is 1. The number of hydrogen-bond acceptors (Lipinski definition) is 3. The normalized spacial score (nSPS) is 11.3. The van der Waals surface area contributed by atoms with E-state index in [2.05, 4.69) is 40.3 Å². The van der Waals surface area contributed by atoms with Gasteiger partial charge in [-0.25, -0.2) is 0 Å². The van der Waals surface area contributed by atoms with Gasteiger partial charge in [-0.05, 0) is 23.9 Å². The summed E-state index contributed by atoms with van der Waals surface area (Å²) in [6.07, 6.45) is 2.08. The van der Waals surface area contributed by atoms with Crippen LogP contribution in [0.25, 0.3) is 10.9 Å². The molecule has 0 bridgehead atoms. The van der Waals surface area contributed by atoms with E-state index in [0.29, 0.717) is 6.73 Å². The summed E-state index contributed by atoms with van der Waals surface area (Å²) in [5, 5.41) is 4.64. The highest BCUT2D eigenvalue weighted by atomic mass is 16.5. The number of aromatic nitrogens is 1. The van der Waals surface area contributed by atoms with Crippen molar-refractivity contribution in [3.63, 3.8) is 0 Å². The minimum Gasteiger partial charge on any atom is -0.383 e. The molecule has 1 heterocycles. The predicted molar refractivity (Wildman–Crippen MR) is 77.1 cm³/mol. The van der Waals surface area contributed by atoms with Gasteiger partial charge >= 0.3 is 0 Å². The van der Waals surface area contributed by atoms with E-state index in [1.54, 1.807) is 7.11 Å². The monoisotopic (exact) mass is 262 g/mol. The molecular weight excluding hydrogens is 240 g/mol. The Morgan fingerprint density at radius 2 is 2.16 bits per heavy atom. The highest BCUT2D eigenvalue weighted by molar-refractivity contribution is 5.83. The van der Waals surface area contributed by atoms with Gasteiger partial charge in [-0.2, -0.15) is 0 Å². The standard InChI is InChI=1S/C15H22N2O2/c1-3-19-12-17-9-7-13-5-4-6-14(15(13)17)11-16-8-10-18-2/h4-7,9,16H,3,8,10-12H2,1-2H3. The van der Waals surface area contributed by atoms with Crippen molar-refractivity contribution in [2.24, 2.45) is 0 Å². The number of ether oxygens (including phenoxy) is 2. The summed E-state index contributed by atoms with van der Waals surface area (Å²) in [5.74, 6) is 0. The van der Waals surface area contributed by atoms with E-state index in [-0.39, 0.29) is 0 Å². The van der Waals surface area contributed by atoms with Gasteiger partial charge in [0, 0.05) is 33.0 Å². The van der Waals surface area contributed by atoms with Crippen molar-refractivity contribution in [2.45, 2.75) is 20.2 Å². The molecule has 0 unspecified atom stereocenters. The van der Waals surface area contributed by atoms with Crippen LogP contribution in [0.5, 0.6) is 0 Å². The third-order valence-electron chi connectivity index (χ3n) is 3.10. The lowest BCUT2D eigenvalue weighted by atomic mass is 10.1. The zero-order chi connectivity index (χ0) is 13.5. The zero-order valence-electron chi connectivity index (χ0n) is 11.7. The predicted octanol–water partition coefficient (Wildman–Crippen LogP) is 2.37. The van der Waals surface area contributed by atoms with Crippen molar-refractivity contribution in [3.8, 4) is 0 Å². The largest absolute Gasteiger partial charge is 0.383 e. The van der Waals surface area contributed by atoms with Gasteiger partial charge in [0.15, 0.2) is 0 Å². The van der Waals surface area contributed by atoms with Crippen molar-refractivity contribution in [2.75, 3.05) is 26.9 Å². The highest BCUT2D eigenvalue weighted by Gasteiger charge is 2.06. The summed E-state index contributed by atoms with van der Waals surface area (Å²) in [7, 11) is 1.72. The second-order valence-electron chi connectivity index (χ2n) is 4.43. The van der Waals surface area contributed by atoms with Crippen LogP contribution in [0.4, 0.5) is 0 Å². The summed E-state index contributed by atoms with van der Waals surface area (Å²) in [6.45, 7) is 5.79. The van der Waals surface area contributed by atoms with E-state index in [1.807, 2.05) is 6.92 Å². The quantitative estimate of drug-likeness (QED) is 0.742. The molecule has 104 valence electrons. The zero-order valence-corrected chi connectivity index (χ0v) is 11.7. The van der Waals surface area contributed by atoms with Crippen molar-refractivity contribution in [1.82, 2.24) is 9.88 Å². The number of nitrogens with zero attached hydrogens (tertiary/aromatic N) is 1. The molecule has 0 aliphatic heterocycles. The highest BCUT2D eigenvalue weighted by Crippen LogP contribution is 2.20. The Hall–Kier alpha value is -1.36. The van der Waals surface area contributed by atoms with Gasteiger partial charge in [0.2, 0.25) is 0 Å². The molecule has 0 radical (unpaired) electrons. The topological polar surface area (TPSA) is 35.4 Å². The summed E-state index contributed by atoms with van der Waals surface area (Å²) in [4.78, 5) is 0. The van der Waals surface area contributed by atoms with Crippen LogP contribution in [0.3, 0.4) is 0 Å². The van der Waals surface area contributed by atoms with Crippen LogP contribution in [-0.2, 0) is 22.7 Å². The van der Waals surface area contributed by atoms with Gasteiger partial charge < -0.3 is 19.4 Å². The van der Waals surface area contributed by atoms with Gasteiger partial charge in [0.05, 0.1) is 12.1 Å². The molecule has 1 aromatic heterocycles. The average molecular weight is 262 g/mol. The SMILES string of the molecule is CCOCn1ccc2cccc(CNCCOC)c21. The summed E-state index contributed by atoms with van der Waals surface area (Å²) < 4.78 is 12.7. The number of hydrogen-bond donors (Lipinski definition) is 1. The van der Waals surface area contributed by atoms with E-state index in [0.717, 1.165) is 26.3 Å². The van der Waals surface area contributed by atoms with Gasteiger partial charge in [-0.15, -0.1) is 0 Å². The minimum atomic E-state index is 0.606. The first kappa shape index (κ1) is 14.1.